The number of likely N-dealkylation sites (N-methyl/N-ethyl adjacent to an activating group) is 1. The maximum atomic E-state index is 14.3. The molecule has 2 aromatic rings. The van der Waals surface area contributed by atoms with Crippen molar-refractivity contribution in [2.75, 3.05) is 33.2 Å². The largest absolute Gasteiger partial charge is 0.416 e. The van der Waals surface area contributed by atoms with E-state index in [1.807, 2.05) is 0 Å². The molecule has 2 saturated heterocycles. The van der Waals surface area contributed by atoms with E-state index in [0.29, 0.717) is 37.2 Å². The molecule has 0 radical (unpaired) electrons. The zero-order chi connectivity index (χ0) is 28.7. The second-order valence-electron chi connectivity index (χ2n) is 11.7. The molecule has 2 aromatic carbocycles. The molecule has 9 heteroatoms. The number of hydrogen-bond acceptors (Lipinski definition) is 3. The SMILES string of the molecule is Cc1cc(C)cc(C2CN(C)CC23CCN(C(=O)[C@H](NC(=O)c2cc(C(F)(F)F)ccc2F)C(C)C)CC3)c1. The van der Waals surface area contributed by atoms with Crippen molar-refractivity contribution >= 4 is 11.8 Å². The van der Waals surface area contributed by atoms with Crippen LogP contribution in [0.5, 0.6) is 0 Å². The molecule has 2 heterocycles. The zero-order valence-corrected chi connectivity index (χ0v) is 23.2. The van der Waals surface area contributed by atoms with E-state index in [-0.39, 0.29) is 17.2 Å². The summed E-state index contributed by atoms with van der Waals surface area (Å²) in [5.41, 5.74) is 1.97. The standard InChI is InChI=1S/C30H37F4N3O2/c1-18(2)26(35-27(38)23-15-22(30(32,33)34)6-7-25(23)31)28(39)37-10-8-29(9-11-37)17-36(5)16-24(29)21-13-19(3)12-20(4)14-21/h6-7,12-15,18,24,26H,8-11,16-17H2,1-5H3,(H,35,38)/t24?,26-/m1/s1. The van der Waals surface area contributed by atoms with Crippen molar-refractivity contribution in [1.82, 2.24) is 15.1 Å². The molecule has 0 aliphatic carbocycles. The van der Waals surface area contributed by atoms with Crippen LogP contribution in [0.25, 0.3) is 0 Å². The second kappa shape index (κ2) is 10.9. The zero-order valence-electron chi connectivity index (χ0n) is 23.2. The van der Waals surface area contributed by atoms with Crippen LogP contribution in [0.4, 0.5) is 17.6 Å². The van der Waals surface area contributed by atoms with Gasteiger partial charge in [-0.15, -0.1) is 0 Å². The molecule has 0 saturated carbocycles. The van der Waals surface area contributed by atoms with Gasteiger partial charge in [0.05, 0.1) is 11.1 Å². The lowest BCUT2D eigenvalue weighted by Gasteiger charge is -2.44. The van der Waals surface area contributed by atoms with E-state index in [0.717, 1.165) is 25.9 Å². The van der Waals surface area contributed by atoms with Crippen LogP contribution in [0.2, 0.25) is 0 Å². The normalized spacial score (nSPS) is 20.5. The van der Waals surface area contributed by atoms with Gasteiger partial charge >= 0.3 is 6.18 Å². The number of nitrogens with one attached hydrogen (secondary N) is 1. The number of nitrogens with zero attached hydrogens (tertiary/aromatic N) is 2. The molecule has 0 aromatic heterocycles. The lowest BCUT2D eigenvalue weighted by Crippen LogP contribution is -2.54. The number of benzene rings is 2. The minimum atomic E-state index is -4.72. The van der Waals surface area contributed by atoms with Crippen molar-refractivity contribution in [3.05, 3.63) is 70.0 Å². The van der Waals surface area contributed by atoms with Gasteiger partial charge in [-0.1, -0.05) is 43.2 Å². The van der Waals surface area contributed by atoms with Gasteiger partial charge < -0.3 is 15.1 Å². The highest BCUT2D eigenvalue weighted by atomic mass is 19.4. The number of piperidine rings is 1. The smallest absolute Gasteiger partial charge is 0.341 e. The molecule has 1 spiro atoms. The molecule has 1 unspecified atom stereocenters. The van der Waals surface area contributed by atoms with E-state index < -0.39 is 35.1 Å². The number of rotatable bonds is 5. The third-order valence-electron chi connectivity index (χ3n) is 8.29. The van der Waals surface area contributed by atoms with Crippen molar-refractivity contribution in [3.63, 3.8) is 0 Å². The minimum Gasteiger partial charge on any atom is -0.341 e. The number of halogens is 4. The molecule has 2 aliphatic rings. The predicted molar refractivity (Wildman–Crippen MR) is 142 cm³/mol. The van der Waals surface area contributed by atoms with Crippen LogP contribution in [0, 0.1) is 31.0 Å². The van der Waals surface area contributed by atoms with Crippen LogP contribution in [-0.4, -0.2) is 60.9 Å². The van der Waals surface area contributed by atoms with Crippen molar-refractivity contribution in [2.45, 2.75) is 58.7 Å². The Morgan fingerprint density at radius 2 is 1.64 bits per heavy atom. The number of carbonyl (C=O) groups is 2. The first-order valence-electron chi connectivity index (χ1n) is 13.4. The van der Waals surface area contributed by atoms with Crippen LogP contribution in [-0.2, 0) is 11.0 Å². The van der Waals surface area contributed by atoms with Gasteiger partial charge in [0.1, 0.15) is 11.9 Å². The highest BCUT2D eigenvalue weighted by Gasteiger charge is 2.48. The molecule has 2 fully saturated rings. The lowest BCUT2D eigenvalue weighted by atomic mass is 9.68. The molecule has 0 bridgehead atoms. The predicted octanol–water partition coefficient (Wildman–Crippen LogP) is 5.55. The Labute approximate surface area is 227 Å². The van der Waals surface area contributed by atoms with Crippen LogP contribution in [0.15, 0.2) is 36.4 Å². The first-order chi connectivity index (χ1) is 18.2. The van der Waals surface area contributed by atoms with Gasteiger partial charge in [-0.05, 0) is 68.8 Å². The van der Waals surface area contributed by atoms with E-state index in [2.05, 4.69) is 49.3 Å². The minimum absolute atomic E-state index is 0.0313. The average Bonchev–Trinajstić information content (AvgIpc) is 3.16. The van der Waals surface area contributed by atoms with Crippen molar-refractivity contribution in [2.24, 2.45) is 11.3 Å². The number of amides is 2. The van der Waals surface area contributed by atoms with Crippen LogP contribution >= 0.6 is 0 Å². The third kappa shape index (κ3) is 6.13. The quantitative estimate of drug-likeness (QED) is 0.500. The van der Waals surface area contributed by atoms with Crippen LogP contribution in [0.1, 0.15) is 65.2 Å². The van der Waals surface area contributed by atoms with E-state index in [1.165, 1.54) is 16.7 Å². The van der Waals surface area contributed by atoms with E-state index >= 15 is 0 Å². The summed E-state index contributed by atoms with van der Waals surface area (Å²) in [4.78, 5) is 30.5. The fourth-order valence-electron chi connectivity index (χ4n) is 6.37. The Bertz CT molecular complexity index is 1210. The maximum Gasteiger partial charge on any atom is 0.416 e. The molecule has 4 rings (SSSR count). The Morgan fingerprint density at radius 3 is 2.21 bits per heavy atom. The summed E-state index contributed by atoms with van der Waals surface area (Å²) in [6, 6.07) is 7.40. The summed E-state index contributed by atoms with van der Waals surface area (Å²) in [7, 11) is 2.12. The maximum absolute atomic E-state index is 14.3. The monoisotopic (exact) mass is 547 g/mol. The Kier molecular flexibility index (Phi) is 8.13. The second-order valence-corrected chi connectivity index (χ2v) is 11.7. The Morgan fingerprint density at radius 1 is 1.03 bits per heavy atom. The summed E-state index contributed by atoms with van der Waals surface area (Å²) in [5.74, 6) is -2.39. The van der Waals surface area contributed by atoms with Gasteiger partial charge in [-0.3, -0.25) is 9.59 Å². The van der Waals surface area contributed by atoms with Gasteiger partial charge in [0, 0.05) is 32.1 Å². The summed E-state index contributed by atoms with van der Waals surface area (Å²) in [6.07, 6.45) is -3.10. The molecule has 2 amide bonds. The Balaban J connectivity index is 1.49. The lowest BCUT2D eigenvalue weighted by molar-refractivity contribution is -0.138. The van der Waals surface area contributed by atoms with Gasteiger partial charge in [0.15, 0.2) is 0 Å². The molecule has 1 N–H and O–H groups in total. The highest BCUT2D eigenvalue weighted by molar-refractivity contribution is 5.98. The fourth-order valence-corrected chi connectivity index (χ4v) is 6.37. The van der Waals surface area contributed by atoms with E-state index in [9.17, 15) is 27.2 Å². The number of carbonyl (C=O) groups excluding carboxylic acids is 2. The highest BCUT2D eigenvalue weighted by Crippen LogP contribution is 2.49. The fraction of sp³-hybridized carbons (Fsp3) is 0.533. The van der Waals surface area contributed by atoms with Crippen molar-refractivity contribution < 1.29 is 27.2 Å². The van der Waals surface area contributed by atoms with Crippen LogP contribution in [0.3, 0.4) is 0 Å². The summed E-state index contributed by atoms with van der Waals surface area (Å²) in [5, 5.41) is 2.52. The average molecular weight is 548 g/mol. The van der Waals surface area contributed by atoms with Crippen molar-refractivity contribution in [3.8, 4) is 0 Å². The van der Waals surface area contributed by atoms with Gasteiger partial charge in [0.25, 0.3) is 5.91 Å². The number of alkyl halides is 3. The first-order valence-corrected chi connectivity index (χ1v) is 13.4. The Hall–Kier alpha value is -2.94. The van der Waals surface area contributed by atoms with Gasteiger partial charge in [-0.2, -0.15) is 13.2 Å². The summed E-state index contributed by atoms with van der Waals surface area (Å²) >= 11 is 0. The third-order valence-corrected chi connectivity index (χ3v) is 8.29. The van der Waals surface area contributed by atoms with Crippen molar-refractivity contribution in [1.29, 1.82) is 0 Å². The number of likely N-dealkylation sites (tertiary alicyclic amines) is 2. The summed E-state index contributed by atoms with van der Waals surface area (Å²) < 4.78 is 53.7. The molecular formula is C30H37F4N3O2. The number of hydrogen-bond donors (Lipinski definition) is 1. The van der Waals surface area contributed by atoms with E-state index in [4.69, 9.17) is 0 Å². The van der Waals surface area contributed by atoms with Crippen LogP contribution < -0.4 is 5.32 Å². The molecule has 39 heavy (non-hydrogen) atoms. The van der Waals surface area contributed by atoms with E-state index in [1.54, 1.807) is 18.7 Å². The molecule has 2 aliphatic heterocycles. The van der Waals surface area contributed by atoms with Gasteiger partial charge in [0.2, 0.25) is 5.91 Å². The molecule has 2 atom stereocenters. The topological polar surface area (TPSA) is 52.6 Å². The first kappa shape index (κ1) is 29.1. The molecule has 212 valence electrons. The van der Waals surface area contributed by atoms with Gasteiger partial charge in [-0.25, -0.2) is 4.39 Å². The molecule has 5 nitrogen and oxygen atoms in total. The number of aryl methyl sites for hydroxylation is 2. The molecular weight excluding hydrogens is 510 g/mol. The summed E-state index contributed by atoms with van der Waals surface area (Å²) in [6.45, 7) is 10.6.